The van der Waals surface area contributed by atoms with Crippen molar-refractivity contribution in [2.75, 3.05) is 0 Å². The molecule has 0 spiro atoms. The van der Waals surface area contributed by atoms with Crippen LogP contribution in [0.2, 0.25) is 0 Å². The van der Waals surface area contributed by atoms with Crippen LogP contribution in [0.4, 0.5) is 9.18 Å². The first kappa shape index (κ1) is 13.3. The number of H-pyrrole nitrogens is 1. The standard InChI is InChI=1S/C12H9FN2O3S/c13-9-6-15(11(17)14-10(9)16)12(18)19-7-8-4-2-1-3-5-8/h1-6H,7H2,(H,14,16,17). The summed E-state index contributed by atoms with van der Waals surface area (Å²) in [6, 6.07) is 9.16. The molecule has 0 fully saturated rings. The van der Waals surface area contributed by atoms with Crippen LogP contribution in [-0.2, 0) is 5.75 Å². The molecule has 0 aliphatic heterocycles. The summed E-state index contributed by atoms with van der Waals surface area (Å²) in [5.74, 6) is -0.819. The molecule has 0 saturated carbocycles. The molecule has 2 rings (SSSR count). The molecule has 98 valence electrons. The van der Waals surface area contributed by atoms with Gasteiger partial charge in [-0.25, -0.2) is 9.36 Å². The van der Waals surface area contributed by atoms with Crippen molar-refractivity contribution in [2.24, 2.45) is 0 Å². The minimum atomic E-state index is -1.17. The number of aromatic nitrogens is 2. The second kappa shape index (κ2) is 5.66. The zero-order valence-corrected chi connectivity index (χ0v) is 10.4. The molecule has 1 heterocycles. The average Bonchev–Trinajstić information content (AvgIpc) is 2.41. The van der Waals surface area contributed by atoms with Gasteiger partial charge < -0.3 is 0 Å². The summed E-state index contributed by atoms with van der Waals surface area (Å²) < 4.78 is 13.6. The molecule has 0 aliphatic rings. The molecule has 7 heteroatoms. The third kappa shape index (κ3) is 3.19. The summed E-state index contributed by atoms with van der Waals surface area (Å²) in [5, 5.41) is -0.649. The number of hydrogen-bond acceptors (Lipinski definition) is 4. The molecule has 0 atom stereocenters. The molecule has 19 heavy (non-hydrogen) atoms. The van der Waals surface area contributed by atoms with Gasteiger partial charge in [-0.15, -0.1) is 0 Å². The minimum Gasteiger partial charge on any atom is -0.271 e. The first-order chi connectivity index (χ1) is 9.08. The highest BCUT2D eigenvalue weighted by Crippen LogP contribution is 2.13. The second-order valence-corrected chi connectivity index (χ2v) is 4.57. The molecule has 0 unspecified atom stereocenters. The fourth-order valence-corrected chi connectivity index (χ4v) is 2.13. The number of halogens is 1. The van der Waals surface area contributed by atoms with Gasteiger partial charge in [0.25, 0.3) is 10.8 Å². The van der Waals surface area contributed by atoms with Crippen molar-refractivity contribution in [3.05, 3.63) is 68.7 Å². The van der Waals surface area contributed by atoms with Crippen LogP contribution in [0.5, 0.6) is 0 Å². The predicted octanol–water partition coefficient (Wildman–Crippen LogP) is 1.58. The average molecular weight is 280 g/mol. The quantitative estimate of drug-likeness (QED) is 0.906. The molecule has 0 aliphatic carbocycles. The van der Waals surface area contributed by atoms with E-state index in [-0.39, 0.29) is 0 Å². The van der Waals surface area contributed by atoms with E-state index in [1.165, 1.54) is 0 Å². The third-order valence-corrected chi connectivity index (χ3v) is 3.22. The number of carbonyl (C=O) groups excluding carboxylic acids is 1. The lowest BCUT2D eigenvalue weighted by molar-refractivity contribution is 0.260. The fourth-order valence-electron chi connectivity index (χ4n) is 1.37. The van der Waals surface area contributed by atoms with E-state index in [0.29, 0.717) is 16.5 Å². The Morgan fingerprint density at radius 3 is 2.63 bits per heavy atom. The van der Waals surface area contributed by atoms with Crippen molar-refractivity contribution in [1.29, 1.82) is 0 Å². The molecule has 0 bridgehead atoms. The number of carbonyl (C=O) groups is 1. The van der Waals surface area contributed by atoms with Crippen molar-refractivity contribution in [2.45, 2.75) is 5.75 Å². The Labute approximate surface area is 111 Å². The van der Waals surface area contributed by atoms with Crippen LogP contribution in [0.3, 0.4) is 0 Å². The molecule has 0 saturated heterocycles. The van der Waals surface area contributed by atoms with Crippen LogP contribution < -0.4 is 11.2 Å². The van der Waals surface area contributed by atoms with E-state index in [2.05, 4.69) is 0 Å². The molecule has 1 aromatic carbocycles. The van der Waals surface area contributed by atoms with E-state index < -0.39 is 22.3 Å². The third-order valence-electron chi connectivity index (χ3n) is 2.30. The topological polar surface area (TPSA) is 71.9 Å². The van der Waals surface area contributed by atoms with Gasteiger partial charge in [-0.1, -0.05) is 42.1 Å². The Hall–Kier alpha value is -2.15. The van der Waals surface area contributed by atoms with Crippen molar-refractivity contribution in [3.8, 4) is 0 Å². The fraction of sp³-hybridized carbons (Fsp3) is 0.0833. The Morgan fingerprint density at radius 1 is 1.26 bits per heavy atom. The largest absolute Gasteiger partial charge is 0.336 e. The highest BCUT2D eigenvalue weighted by molar-refractivity contribution is 8.12. The van der Waals surface area contributed by atoms with Gasteiger partial charge in [0, 0.05) is 5.75 Å². The zero-order chi connectivity index (χ0) is 13.8. The van der Waals surface area contributed by atoms with Gasteiger partial charge in [-0.3, -0.25) is 14.6 Å². The second-order valence-electron chi connectivity index (χ2n) is 3.65. The summed E-state index contributed by atoms with van der Waals surface area (Å²) in [4.78, 5) is 35.7. The van der Waals surface area contributed by atoms with E-state index in [1.54, 1.807) is 4.98 Å². The van der Waals surface area contributed by atoms with Crippen LogP contribution in [0.15, 0.2) is 46.1 Å². The lowest BCUT2D eigenvalue weighted by Crippen LogP contribution is -2.33. The van der Waals surface area contributed by atoms with E-state index in [1.807, 2.05) is 30.3 Å². The predicted molar refractivity (Wildman–Crippen MR) is 69.8 cm³/mol. The van der Waals surface area contributed by atoms with E-state index in [4.69, 9.17) is 0 Å². The van der Waals surface area contributed by atoms with Crippen LogP contribution in [0, 0.1) is 5.82 Å². The number of thioether (sulfide) groups is 1. The molecule has 2 aromatic rings. The lowest BCUT2D eigenvalue weighted by Gasteiger charge is -2.03. The van der Waals surface area contributed by atoms with E-state index >= 15 is 0 Å². The SMILES string of the molecule is O=C(SCc1ccccc1)n1cc(F)c(=O)[nH]c1=O. The van der Waals surface area contributed by atoms with Crippen LogP contribution >= 0.6 is 11.8 Å². The molecule has 5 nitrogen and oxygen atoms in total. The molecule has 0 radical (unpaired) electrons. The highest BCUT2D eigenvalue weighted by atomic mass is 32.2. The number of benzene rings is 1. The number of hydrogen-bond donors (Lipinski definition) is 1. The van der Waals surface area contributed by atoms with Gasteiger partial charge in [0.15, 0.2) is 0 Å². The van der Waals surface area contributed by atoms with Gasteiger partial charge in [-0.2, -0.15) is 4.39 Å². The first-order valence-corrected chi connectivity index (χ1v) is 6.29. The normalized spacial score (nSPS) is 10.4. The van der Waals surface area contributed by atoms with Crippen LogP contribution in [0.25, 0.3) is 0 Å². The molecule has 0 amide bonds. The maximum Gasteiger partial charge on any atom is 0.336 e. The highest BCUT2D eigenvalue weighted by Gasteiger charge is 2.11. The Bertz CT molecular complexity index is 709. The van der Waals surface area contributed by atoms with Crippen LogP contribution in [0.1, 0.15) is 5.56 Å². The summed E-state index contributed by atoms with van der Waals surface area (Å²) in [6.07, 6.45) is 0.599. The monoisotopic (exact) mass is 280 g/mol. The zero-order valence-electron chi connectivity index (χ0n) is 9.63. The minimum absolute atomic E-state index is 0.354. The van der Waals surface area contributed by atoms with E-state index in [0.717, 1.165) is 17.3 Å². The number of aromatic amines is 1. The van der Waals surface area contributed by atoms with E-state index in [9.17, 15) is 18.8 Å². The maximum absolute atomic E-state index is 13.0. The van der Waals surface area contributed by atoms with Gasteiger partial charge in [-0.05, 0) is 5.56 Å². The molecule has 1 aromatic heterocycles. The summed E-state index contributed by atoms with van der Waals surface area (Å²) in [5.41, 5.74) is -1.18. The van der Waals surface area contributed by atoms with Gasteiger partial charge in [0.1, 0.15) is 0 Å². The molecular weight excluding hydrogens is 271 g/mol. The van der Waals surface area contributed by atoms with Crippen molar-refractivity contribution in [1.82, 2.24) is 9.55 Å². The maximum atomic E-state index is 13.0. The Morgan fingerprint density at radius 2 is 1.95 bits per heavy atom. The Kier molecular flexibility index (Phi) is 3.96. The number of rotatable bonds is 2. The van der Waals surface area contributed by atoms with Crippen LogP contribution in [-0.4, -0.2) is 14.8 Å². The van der Waals surface area contributed by atoms with Gasteiger partial charge in [0.2, 0.25) is 5.82 Å². The summed E-state index contributed by atoms with van der Waals surface area (Å²) >= 11 is 0.847. The molecular formula is C12H9FN2O3S. The Balaban J connectivity index is 2.15. The molecule has 1 N–H and O–H groups in total. The number of nitrogens with one attached hydrogen (secondary N) is 1. The first-order valence-electron chi connectivity index (χ1n) is 5.30. The van der Waals surface area contributed by atoms with Crippen molar-refractivity contribution < 1.29 is 9.18 Å². The van der Waals surface area contributed by atoms with Crippen molar-refractivity contribution in [3.63, 3.8) is 0 Å². The summed E-state index contributed by atoms with van der Waals surface area (Å²) in [6.45, 7) is 0. The number of nitrogens with zero attached hydrogens (tertiary/aromatic N) is 1. The van der Waals surface area contributed by atoms with Gasteiger partial charge in [0.05, 0.1) is 6.20 Å². The smallest absolute Gasteiger partial charge is 0.271 e. The van der Waals surface area contributed by atoms with Gasteiger partial charge >= 0.3 is 5.69 Å². The summed E-state index contributed by atoms with van der Waals surface area (Å²) in [7, 11) is 0. The van der Waals surface area contributed by atoms with Crippen molar-refractivity contribution >= 4 is 17.0 Å². The lowest BCUT2D eigenvalue weighted by atomic mass is 10.2.